The minimum atomic E-state index is -0.309. The number of carbonyl (C=O) groups excluding carboxylic acids is 1. The first-order valence-corrected chi connectivity index (χ1v) is 12.9. The van der Waals surface area contributed by atoms with Crippen molar-refractivity contribution in [1.82, 2.24) is 24.8 Å². The van der Waals surface area contributed by atoms with Crippen LogP contribution in [0.2, 0.25) is 0 Å². The second-order valence-electron chi connectivity index (χ2n) is 9.52. The monoisotopic (exact) mass is 494 g/mol. The fraction of sp³-hybridized carbons (Fsp3) is 0.440. The Bertz CT molecular complexity index is 1280. The van der Waals surface area contributed by atoms with E-state index in [-0.39, 0.29) is 11.7 Å². The highest BCUT2D eigenvalue weighted by Crippen LogP contribution is 2.34. The summed E-state index contributed by atoms with van der Waals surface area (Å²) in [7, 11) is 1.56. The molecule has 0 spiro atoms. The number of amides is 1. The first-order chi connectivity index (χ1) is 17.1. The molecule has 1 N–H and O–H groups in total. The van der Waals surface area contributed by atoms with Gasteiger partial charge in [0.15, 0.2) is 0 Å². The summed E-state index contributed by atoms with van der Waals surface area (Å²) in [5.74, 6) is 2.54. The Hall–Kier alpha value is -2.82. The SMILES string of the molecule is COc1ccc2ncc(F)c(CCN3CC4CN(Cc5ccc6c(n5)NC(=O)CS6)CC4C3)c2n1. The van der Waals surface area contributed by atoms with E-state index < -0.39 is 0 Å². The maximum absolute atomic E-state index is 14.6. The zero-order chi connectivity index (χ0) is 23.9. The van der Waals surface area contributed by atoms with E-state index in [1.807, 2.05) is 6.07 Å². The summed E-state index contributed by atoms with van der Waals surface area (Å²) in [6, 6.07) is 7.70. The number of halogens is 1. The summed E-state index contributed by atoms with van der Waals surface area (Å²) in [6.45, 7) is 5.70. The number of fused-ring (bicyclic) bond motifs is 3. The van der Waals surface area contributed by atoms with Gasteiger partial charge in [-0.1, -0.05) is 0 Å². The van der Waals surface area contributed by atoms with Gasteiger partial charge in [-0.05, 0) is 36.5 Å². The van der Waals surface area contributed by atoms with Crippen molar-refractivity contribution in [3.63, 3.8) is 0 Å². The highest BCUT2D eigenvalue weighted by molar-refractivity contribution is 8.00. The van der Waals surface area contributed by atoms with Crippen LogP contribution < -0.4 is 10.1 Å². The summed E-state index contributed by atoms with van der Waals surface area (Å²) >= 11 is 1.54. The smallest absolute Gasteiger partial charge is 0.235 e. The van der Waals surface area contributed by atoms with Gasteiger partial charge in [0.2, 0.25) is 11.8 Å². The van der Waals surface area contributed by atoms with Crippen LogP contribution in [0.4, 0.5) is 10.2 Å². The lowest BCUT2D eigenvalue weighted by molar-refractivity contribution is -0.113. The van der Waals surface area contributed by atoms with Gasteiger partial charge in [-0.25, -0.2) is 14.4 Å². The van der Waals surface area contributed by atoms with Crippen LogP contribution >= 0.6 is 11.8 Å². The van der Waals surface area contributed by atoms with Crippen LogP contribution in [0.15, 0.2) is 35.4 Å². The zero-order valence-corrected chi connectivity index (χ0v) is 20.4. The molecule has 10 heteroatoms. The molecule has 2 atom stereocenters. The Kier molecular flexibility index (Phi) is 6.03. The molecule has 3 aromatic rings. The fourth-order valence-corrected chi connectivity index (χ4v) is 6.28. The highest BCUT2D eigenvalue weighted by atomic mass is 32.2. The quantitative estimate of drug-likeness (QED) is 0.560. The topological polar surface area (TPSA) is 83.5 Å². The van der Waals surface area contributed by atoms with Crippen molar-refractivity contribution < 1.29 is 13.9 Å². The van der Waals surface area contributed by atoms with Crippen LogP contribution in [-0.4, -0.2) is 76.2 Å². The molecule has 2 unspecified atom stereocenters. The van der Waals surface area contributed by atoms with Gasteiger partial charge in [0.05, 0.1) is 40.7 Å². The number of thioether (sulfide) groups is 1. The maximum Gasteiger partial charge on any atom is 0.235 e. The largest absolute Gasteiger partial charge is 0.481 e. The van der Waals surface area contributed by atoms with Crippen LogP contribution in [0.3, 0.4) is 0 Å². The molecular weight excluding hydrogens is 467 g/mol. The standard InChI is InChI=1S/C25H27FN6O2S/c1-34-23-5-3-20-24(30-23)18(19(26)8-27-20)6-7-31-9-15-11-32(12-16(15)10-31)13-17-2-4-21-25(28-17)29-22(33)14-35-21/h2-5,8,15-16H,6-7,9-14H2,1H3,(H,28,29,33). The van der Waals surface area contributed by atoms with Crippen molar-refractivity contribution in [2.75, 3.05) is 50.9 Å². The Morgan fingerprint density at radius 2 is 1.91 bits per heavy atom. The molecule has 3 aliphatic heterocycles. The van der Waals surface area contributed by atoms with Gasteiger partial charge in [-0.15, -0.1) is 11.8 Å². The van der Waals surface area contributed by atoms with Gasteiger partial charge < -0.3 is 15.0 Å². The third-order valence-electron chi connectivity index (χ3n) is 7.18. The van der Waals surface area contributed by atoms with Crippen LogP contribution in [-0.2, 0) is 17.8 Å². The van der Waals surface area contributed by atoms with Crippen molar-refractivity contribution in [3.05, 3.63) is 47.5 Å². The third-order valence-corrected chi connectivity index (χ3v) is 8.23. The van der Waals surface area contributed by atoms with E-state index in [4.69, 9.17) is 4.74 Å². The molecule has 6 rings (SSSR count). The van der Waals surface area contributed by atoms with Crippen molar-refractivity contribution in [3.8, 4) is 5.88 Å². The predicted molar refractivity (Wildman–Crippen MR) is 132 cm³/mol. The maximum atomic E-state index is 14.6. The van der Waals surface area contributed by atoms with Gasteiger partial charge in [-0.2, -0.15) is 0 Å². The Morgan fingerprint density at radius 3 is 2.71 bits per heavy atom. The number of likely N-dealkylation sites (tertiary alicyclic amines) is 2. The molecule has 0 aromatic carbocycles. The van der Waals surface area contributed by atoms with Crippen LogP contribution in [0.1, 0.15) is 11.3 Å². The number of aromatic nitrogens is 3. The number of carbonyl (C=O) groups is 1. The molecule has 2 fully saturated rings. The third kappa shape index (κ3) is 4.57. The molecule has 3 aromatic heterocycles. The van der Waals surface area contributed by atoms with E-state index in [2.05, 4.69) is 42.2 Å². The lowest BCUT2D eigenvalue weighted by atomic mass is 10.0. The van der Waals surface area contributed by atoms with Crippen molar-refractivity contribution in [1.29, 1.82) is 0 Å². The molecule has 0 bridgehead atoms. The Labute approximate surface area is 207 Å². The van der Waals surface area contributed by atoms with Crippen LogP contribution in [0.25, 0.3) is 11.0 Å². The molecule has 35 heavy (non-hydrogen) atoms. The zero-order valence-electron chi connectivity index (χ0n) is 19.5. The highest BCUT2D eigenvalue weighted by Gasteiger charge is 2.39. The number of hydrogen-bond donors (Lipinski definition) is 1. The van der Waals surface area contributed by atoms with E-state index in [9.17, 15) is 9.18 Å². The number of nitrogens with zero attached hydrogens (tertiary/aromatic N) is 5. The number of hydrogen-bond acceptors (Lipinski definition) is 8. The summed E-state index contributed by atoms with van der Waals surface area (Å²) < 4.78 is 19.9. The predicted octanol–water partition coefficient (Wildman–Crippen LogP) is 2.82. The second-order valence-corrected chi connectivity index (χ2v) is 10.5. The van der Waals surface area contributed by atoms with Crippen molar-refractivity contribution >= 4 is 34.5 Å². The van der Waals surface area contributed by atoms with Crippen molar-refractivity contribution in [2.45, 2.75) is 17.9 Å². The average Bonchev–Trinajstić information content (AvgIpc) is 3.41. The van der Waals surface area contributed by atoms with Crippen LogP contribution in [0, 0.1) is 17.7 Å². The summed E-state index contributed by atoms with van der Waals surface area (Å²) in [6.07, 6.45) is 1.89. The lowest BCUT2D eigenvalue weighted by Crippen LogP contribution is -2.30. The van der Waals surface area contributed by atoms with E-state index in [0.717, 1.165) is 49.9 Å². The van der Waals surface area contributed by atoms with E-state index in [0.29, 0.717) is 52.3 Å². The number of pyridine rings is 3. The molecule has 0 saturated carbocycles. The molecular formula is C25H27FN6O2S. The number of anilines is 1. The summed E-state index contributed by atoms with van der Waals surface area (Å²) in [5, 5.41) is 2.88. The van der Waals surface area contributed by atoms with E-state index in [1.165, 1.54) is 18.0 Å². The van der Waals surface area contributed by atoms with Gasteiger partial charge >= 0.3 is 0 Å². The molecule has 1 amide bonds. The van der Waals surface area contributed by atoms with E-state index >= 15 is 0 Å². The first-order valence-electron chi connectivity index (χ1n) is 11.9. The Morgan fingerprint density at radius 1 is 1.11 bits per heavy atom. The average molecular weight is 495 g/mol. The molecule has 0 radical (unpaired) electrons. The number of methoxy groups -OCH3 is 1. The lowest BCUT2D eigenvalue weighted by Gasteiger charge is -2.22. The second kappa shape index (κ2) is 9.33. The van der Waals surface area contributed by atoms with Gasteiger partial charge in [0.25, 0.3) is 0 Å². The first kappa shape index (κ1) is 22.6. The van der Waals surface area contributed by atoms with E-state index in [1.54, 1.807) is 13.2 Å². The van der Waals surface area contributed by atoms with Gasteiger partial charge in [0.1, 0.15) is 11.6 Å². The molecule has 8 nitrogen and oxygen atoms in total. The van der Waals surface area contributed by atoms with Gasteiger partial charge in [0, 0.05) is 50.9 Å². The minimum absolute atomic E-state index is 0.0116. The molecule has 6 heterocycles. The summed E-state index contributed by atoms with van der Waals surface area (Å²) in [4.78, 5) is 30.9. The van der Waals surface area contributed by atoms with Crippen molar-refractivity contribution in [2.24, 2.45) is 11.8 Å². The number of nitrogens with one attached hydrogen (secondary N) is 1. The van der Waals surface area contributed by atoms with Gasteiger partial charge in [-0.3, -0.25) is 14.7 Å². The molecule has 2 saturated heterocycles. The normalized spacial score (nSPS) is 22.3. The number of ether oxygens (including phenoxy) is 1. The van der Waals surface area contributed by atoms with Crippen LogP contribution in [0.5, 0.6) is 5.88 Å². The molecule has 182 valence electrons. The molecule has 0 aliphatic carbocycles. The Balaban J connectivity index is 1.06. The summed E-state index contributed by atoms with van der Waals surface area (Å²) in [5.41, 5.74) is 2.87. The number of rotatable bonds is 6. The minimum Gasteiger partial charge on any atom is -0.481 e. The molecule has 3 aliphatic rings. The fourth-order valence-electron chi connectivity index (χ4n) is 5.52.